The van der Waals surface area contributed by atoms with Crippen molar-refractivity contribution in [1.82, 2.24) is 9.62 Å². The molecule has 0 aromatic carbocycles. The molecule has 1 aromatic rings. The highest BCUT2D eigenvalue weighted by atomic mass is 32.2. The van der Waals surface area contributed by atoms with Gasteiger partial charge in [-0.25, -0.2) is 8.42 Å². The van der Waals surface area contributed by atoms with Crippen LogP contribution in [-0.4, -0.2) is 43.4 Å². The van der Waals surface area contributed by atoms with Gasteiger partial charge >= 0.3 is 0 Å². The van der Waals surface area contributed by atoms with Gasteiger partial charge in [-0.15, -0.1) is 11.3 Å². The van der Waals surface area contributed by atoms with Crippen LogP contribution < -0.4 is 5.32 Å². The Balaban J connectivity index is 2.19. The number of hydrogen-bond acceptors (Lipinski definition) is 5. The van der Waals surface area contributed by atoms with E-state index in [2.05, 4.69) is 12.2 Å². The Morgan fingerprint density at radius 2 is 2.30 bits per heavy atom. The number of hydrogen-bond donors (Lipinski definition) is 1. The van der Waals surface area contributed by atoms with Crippen LogP contribution in [0, 0.1) is 0 Å². The van der Waals surface area contributed by atoms with Gasteiger partial charge in [0.2, 0.25) is 10.0 Å². The summed E-state index contributed by atoms with van der Waals surface area (Å²) in [5, 5.41) is 5.16. The molecule has 114 valence electrons. The molecule has 1 fully saturated rings. The van der Waals surface area contributed by atoms with E-state index in [1.54, 1.807) is 10.4 Å². The molecule has 1 aliphatic rings. The van der Waals surface area contributed by atoms with Gasteiger partial charge in [-0.1, -0.05) is 6.92 Å². The topological polar surface area (TPSA) is 49.4 Å². The molecular formula is C13H22N2O2S3. The van der Waals surface area contributed by atoms with E-state index in [1.165, 1.54) is 11.3 Å². The number of thiophene rings is 1. The molecule has 1 unspecified atom stereocenters. The van der Waals surface area contributed by atoms with E-state index < -0.39 is 10.0 Å². The van der Waals surface area contributed by atoms with E-state index in [4.69, 9.17) is 0 Å². The summed E-state index contributed by atoms with van der Waals surface area (Å²) in [4.78, 5) is 1.41. The second-order valence-corrected chi connectivity index (χ2v) is 8.93. The highest BCUT2D eigenvalue weighted by Crippen LogP contribution is 2.29. The van der Waals surface area contributed by atoms with Crippen molar-refractivity contribution in [3.05, 3.63) is 16.3 Å². The summed E-state index contributed by atoms with van der Waals surface area (Å²) in [6.07, 6.45) is 1.05. The lowest BCUT2D eigenvalue weighted by atomic mass is 10.4. The van der Waals surface area contributed by atoms with E-state index in [0.717, 1.165) is 29.3 Å². The van der Waals surface area contributed by atoms with Crippen molar-refractivity contribution in [3.63, 3.8) is 0 Å². The van der Waals surface area contributed by atoms with Crippen molar-refractivity contribution < 1.29 is 8.42 Å². The van der Waals surface area contributed by atoms with Crippen molar-refractivity contribution in [2.75, 3.05) is 24.6 Å². The number of nitrogens with zero attached hydrogens (tertiary/aromatic N) is 1. The quantitative estimate of drug-likeness (QED) is 0.812. The fourth-order valence-electron chi connectivity index (χ4n) is 2.26. The van der Waals surface area contributed by atoms with Crippen LogP contribution in [0.3, 0.4) is 0 Å². The summed E-state index contributed by atoms with van der Waals surface area (Å²) in [7, 11) is -3.35. The number of thioether (sulfide) groups is 1. The minimum atomic E-state index is -3.35. The lowest BCUT2D eigenvalue weighted by molar-refractivity contribution is 0.367. The van der Waals surface area contributed by atoms with Crippen LogP contribution >= 0.6 is 23.1 Å². The molecule has 0 amide bonds. The van der Waals surface area contributed by atoms with Gasteiger partial charge in [0.25, 0.3) is 0 Å². The molecule has 4 nitrogen and oxygen atoms in total. The number of rotatable bonds is 6. The van der Waals surface area contributed by atoms with Gasteiger partial charge in [-0.3, -0.25) is 0 Å². The van der Waals surface area contributed by atoms with Crippen LogP contribution in [0.25, 0.3) is 0 Å². The van der Waals surface area contributed by atoms with Gasteiger partial charge < -0.3 is 5.32 Å². The lowest BCUT2D eigenvalue weighted by Gasteiger charge is -2.32. The summed E-state index contributed by atoms with van der Waals surface area (Å²) in [6, 6.07) is 1.83. The average molecular weight is 335 g/mol. The molecular weight excluding hydrogens is 312 g/mol. The Hall–Kier alpha value is -0.0800. The summed E-state index contributed by atoms with van der Waals surface area (Å²) in [5.41, 5.74) is 0. The van der Waals surface area contributed by atoms with E-state index in [-0.39, 0.29) is 6.04 Å². The fraction of sp³-hybridized carbons (Fsp3) is 0.692. The second kappa shape index (κ2) is 7.26. The first kappa shape index (κ1) is 16.3. The van der Waals surface area contributed by atoms with Crippen molar-refractivity contribution in [3.8, 4) is 0 Å². The monoisotopic (exact) mass is 334 g/mol. The third-order valence-corrected chi connectivity index (χ3v) is 7.65. The molecule has 1 aliphatic heterocycles. The summed E-state index contributed by atoms with van der Waals surface area (Å²) < 4.78 is 27.3. The van der Waals surface area contributed by atoms with E-state index in [1.807, 2.05) is 24.1 Å². The van der Waals surface area contributed by atoms with Crippen molar-refractivity contribution in [1.29, 1.82) is 0 Å². The molecule has 2 heterocycles. The Morgan fingerprint density at radius 1 is 1.50 bits per heavy atom. The molecule has 1 atom stereocenters. The molecule has 1 N–H and O–H groups in total. The van der Waals surface area contributed by atoms with E-state index in [9.17, 15) is 8.42 Å². The Morgan fingerprint density at radius 3 is 3.00 bits per heavy atom. The summed E-state index contributed by atoms with van der Waals surface area (Å²) >= 11 is 3.34. The van der Waals surface area contributed by atoms with Crippen LogP contribution in [0.1, 0.15) is 25.1 Å². The molecule has 7 heteroatoms. The number of sulfonamides is 1. The smallest absolute Gasteiger partial charge is 0.244 e. The minimum Gasteiger partial charge on any atom is -0.312 e. The fourth-order valence-corrected chi connectivity index (χ4v) is 6.50. The molecule has 0 aliphatic carbocycles. The predicted molar refractivity (Wildman–Crippen MR) is 87.0 cm³/mol. The molecule has 1 saturated heterocycles. The third-order valence-electron chi connectivity index (χ3n) is 3.31. The van der Waals surface area contributed by atoms with Crippen LogP contribution in [0.15, 0.2) is 16.3 Å². The normalized spacial score (nSPS) is 21.2. The number of nitrogens with one attached hydrogen (secondary N) is 1. The van der Waals surface area contributed by atoms with Crippen LogP contribution in [0.2, 0.25) is 0 Å². The molecule has 0 saturated carbocycles. The minimum absolute atomic E-state index is 0.0788. The Labute approximate surface area is 130 Å². The van der Waals surface area contributed by atoms with Gasteiger partial charge in [0, 0.05) is 35.5 Å². The van der Waals surface area contributed by atoms with Gasteiger partial charge in [-0.05, 0) is 31.3 Å². The molecule has 20 heavy (non-hydrogen) atoms. The Bertz CT molecular complexity index is 527. The summed E-state index contributed by atoms with van der Waals surface area (Å²) in [6.45, 7) is 6.26. The highest BCUT2D eigenvalue weighted by molar-refractivity contribution is 7.99. The van der Waals surface area contributed by atoms with Crippen LogP contribution in [-0.2, 0) is 16.6 Å². The molecule has 0 bridgehead atoms. The zero-order valence-corrected chi connectivity index (χ0v) is 14.4. The van der Waals surface area contributed by atoms with Gasteiger partial charge in [-0.2, -0.15) is 16.1 Å². The average Bonchev–Trinajstić information content (AvgIpc) is 2.88. The maximum atomic E-state index is 12.8. The van der Waals surface area contributed by atoms with Gasteiger partial charge in [0.05, 0.1) is 4.90 Å². The first-order valence-electron chi connectivity index (χ1n) is 6.94. The molecule has 1 aromatic heterocycles. The van der Waals surface area contributed by atoms with Crippen LogP contribution in [0.4, 0.5) is 0 Å². The van der Waals surface area contributed by atoms with E-state index in [0.29, 0.717) is 18.0 Å². The predicted octanol–water partition coefficient (Wildman–Crippen LogP) is 2.37. The lowest BCUT2D eigenvalue weighted by Crippen LogP contribution is -2.44. The standard InChI is InChI=1S/C13H22N2O2S3/c1-3-5-14-9-12-13(4-7-19-12)20(16,17)15-6-8-18-10-11(15)2/h4,7,11,14H,3,5-6,8-10H2,1-2H3. The molecule has 0 radical (unpaired) electrons. The van der Waals surface area contributed by atoms with Crippen molar-refractivity contribution >= 4 is 33.1 Å². The molecule has 0 spiro atoms. The third kappa shape index (κ3) is 3.57. The maximum Gasteiger partial charge on any atom is 0.244 e. The van der Waals surface area contributed by atoms with Gasteiger partial charge in [0.1, 0.15) is 0 Å². The van der Waals surface area contributed by atoms with Crippen LogP contribution in [0.5, 0.6) is 0 Å². The largest absolute Gasteiger partial charge is 0.312 e. The molecule has 2 rings (SSSR count). The van der Waals surface area contributed by atoms with Crippen molar-refractivity contribution in [2.24, 2.45) is 0 Å². The zero-order valence-electron chi connectivity index (χ0n) is 12.0. The highest BCUT2D eigenvalue weighted by Gasteiger charge is 2.33. The SMILES string of the molecule is CCCNCc1sccc1S(=O)(=O)N1CCSCC1C. The van der Waals surface area contributed by atoms with Gasteiger partial charge in [0.15, 0.2) is 0 Å². The van der Waals surface area contributed by atoms with E-state index >= 15 is 0 Å². The first-order valence-corrected chi connectivity index (χ1v) is 10.4. The van der Waals surface area contributed by atoms with Crippen molar-refractivity contribution in [2.45, 2.75) is 37.8 Å². The Kier molecular flexibility index (Phi) is 5.92. The zero-order chi connectivity index (χ0) is 14.6. The first-order chi connectivity index (χ1) is 9.57. The maximum absolute atomic E-state index is 12.8. The summed E-state index contributed by atoms with van der Waals surface area (Å²) in [5.74, 6) is 1.77. The second-order valence-electron chi connectivity index (χ2n) is 4.92.